The smallest absolute Gasteiger partial charge is 0.306 e. The Morgan fingerprint density at radius 1 is 0.525 bits per heavy atom. The van der Waals surface area contributed by atoms with Crippen LogP contribution in [0.1, 0.15) is 226 Å². The molecule has 10 heteroatoms. The second-order valence-corrected chi connectivity index (χ2v) is 19.2. The second-order valence-electron chi connectivity index (χ2n) is 17.8. The minimum Gasteiger partial charge on any atom is -0.756 e. The van der Waals surface area contributed by atoms with E-state index in [0.717, 1.165) is 57.8 Å². The first kappa shape index (κ1) is 57.5. The van der Waals surface area contributed by atoms with Crippen molar-refractivity contribution in [3.63, 3.8) is 0 Å². The number of phosphoric ester groups is 1. The van der Waals surface area contributed by atoms with Gasteiger partial charge in [-0.25, -0.2) is 0 Å². The minimum absolute atomic E-state index is 0.0311. The molecule has 0 aliphatic heterocycles. The fourth-order valence-corrected chi connectivity index (χ4v) is 7.58. The van der Waals surface area contributed by atoms with Crippen LogP contribution in [0.2, 0.25) is 0 Å². The topological polar surface area (TPSA) is 111 Å². The third-order valence-electron chi connectivity index (χ3n) is 10.7. The number of carbonyl (C=O) groups is 2. The van der Waals surface area contributed by atoms with Gasteiger partial charge in [0.2, 0.25) is 0 Å². The van der Waals surface area contributed by atoms with Crippen molar-refractivity contribution < 1.29 is 42.1 Å². The lowest BCUT2D eigenvalue weighted by molar-refractivity contribution is -0.870. The zero-order chi connectivity index (χ0) is 43.6. The number of phosphoric acid groups is 1. The fraction of sp³-hybridized carbons (Fsp3) is 0.878. The van der Waals surface area contributed by atoms with Crippen LogP contribution in [0, 0.1) is 0 Å². The molecule has 0 aliphatic rings. The number of ether oxygens (including phenoxy) is 2. The van der Waals surface area contributed by atoms with E-state index in [4.69, 9.17) is 18.5 Å². The molecule has 0 rings (SSSR count). The van der Waals surface area contributed by atoms with Gasteiger partial charge in [-0.3, -0.25) is 14.2 Å². The molecule has 0 saturated heterocycles. The van der Waals surface area contributed by atoms with Crippen LogP contribution < -0.4 is 4.89 Å². The first-order chi connectivity index (χ1) is 28.5. The summed E-state index contributed by atoms with van der Waals surface area (Å²) in [5.74, 6) is -0.841. The number of nitrogens with zero attached hydrogens (tertiary/aromatic N) is 1. The first-order valence-electron chi connectivity index (χ1n) is 24.5. The molecule has 0 aromatic carbocycles. The first-order valence-corrected chi connectivity index (χ1v) is 26.0. The van der Waals surface area contributed by atoms with Crippen LogP contribution in [0.25, 0.3) is 0 Å². The van der Waals surface area contributed by atoms with Crippen LogP contribution in [0.15, 0.2) is 24.3 Å². The monoisotopic (exact) mass is 856 g/mol. The summed E-state index contributed by atoms with van der Waals surface area (Å²) in [4.78, 5) is 37.6. The molecular weight excluding hydrogens is 762 g/mol. The molecule has 1 unspecified atom stereocenters. The standard InChI is InChI=1S/C49H94NO8P/c1-6-8-10-12-14-16-18-20-22-23-24-25-26-27-28-30-32-34-36-38-40-42-49(52)58-47(46-57-59(53,54)56-44-43-50(3,4)5)45-55-48(51)41-39-37-35-33-31-29-21-19-17-15-13-11-9-7-2/h13,15,19,21,47H,6-12,14,16-18,20,22-46H2,1-5H3/b15-13+,21-19+/t47-/m1/s1. The zero-order valence-corrected chi connectivity index (χ0v) is 40.1. The lowest BCUT2D eigenvalue weighted by Crippen LogP contribution is -2.37. The van der Waals surface area contributed by atoms with Gasteiger partial charge in [0, 0.05) is 12.8 Å². The van der Waals surface area contributed by atoms with Crippen molar-refractivity contribution in [3.05, 3.63) is 24.3 Å². The molecule has 2 atom stereocenters. The van der Waals surface area contributed by atoms with Gasteiger partial charge < -0.3 is 27.9 Å². The predicted octanol–water partition coefficient (Wildman–Crippen LogP) is 13.7. The van der Waals surface area contributed by atoms with E-state index in [9.17, 15) is 19.0 Å². The number of quaternary nitrogens is 1. The van der Waals surface area contributed by atoms with Gasteiger partial charge in [0.25, 0.3) is 7.82 Å². The van der Waals surface area contributed by atoms with Crippen LogP contribution in [0.3, 0.4) is 0 Å². The van der Waals surface area contributed by atoms with E-state index >= 15 is 0 Å². The number of allylic oxidation sites excluding steroid dienone is 4. The molecule has 0 saturated carbocycles. The zero-order valence-electron chi connectivity index (χ0n) is 39.2. The van der Waals surface area contributed by atoms with Crippen molar-refractivity contribution in [2.75, 3.05) is 47.5 Å². The lowest BCUT2D eigenvalue weighted by Gasteiger charge is -2.28. The Balaban J connectivity index is 4.24. The summed E-state index contributed by atoms with van der Waals surface area (Å²) < 4.78 is 34.0. The molecule has 348 valence electrons. The molecule has 0 N–H and O–H groups in total. The molecule has 0 fully saturated rings. The maximum absolute atomic E-state index is 12.7. The highest BCUT2D eigenvalue weighted by atomic mass is 31.2. The van der Waals surface area contributed by atoms with Crippen molar-refractivity contribution in [2.45, 2.75) is 232 Å². The van der Waals surface area contributed by atoms with E-state index in [0.29, 0.717) is 23.9 Å². The van der Waals surface area contributed by atoms with Gasteiger partial charge in [0.05, 0.1) is 27.7 Å². The van der Waals surface area contributed by atoms with Crippen molar-refractivity contribution in [3.8, 4) is 0 Å². The number of hydrogen-bond acceptors (Lipinski definition) is 8. The van der Waals surface area contributed by atoms with Gasteiger partial charge in [-0.1, -0.05) is 199 Å². The Morgan fingerprint density at radius 3 is 1.39 bits per heavy atom. The molecule has 59 heavy (non-hydrogen) atoms. The number of carbonyl (C=O) groups excluding carboxylic acids is 2. The van der Waals surface area contributed by atoms with E-state index in [1.54, 1.807) is 0 Å². The van der Waals surface area contributed by atoms with E-state index in [-0.39, 0.29) is 26.1 Å². The van der Waals surface area contributed by atoms with Crippen LogP contribution in [-0.2, 0) is 32.7 Å². The SMILES string of the molecule is CCCC/C=C/C/C=C/CCCCCCCC(=O)OC[C@H](COP(=O)([O-])OCC[N+](C)(C)C)OC(=O)CCCCCCCCCCCCCCCCCCCCCCC. The Morgan fingerprint density at radius 2 is 0.932 bits per heavy atom. The third kappa shape index (κ3) is 45.8. The molecule has 0 aromatic heterocycles. The summed E-state index contributed by atoms with van der Waals surface area (Å²) in [5.41, 5.74) is 0. The maximum Gasteiger partial charge on any atom is 0.306 e. The predicted molar refractivity (Wildman–Crippen MR) is 245 cm³/mol. The number of hydrogen-bond donors (Lipinski definition) is 0. The van der Waals surface area contributed by atoms with Crippen LogP contribution in [0.4, 0.5) is 0 Å². The lowest BCUT2D eigenvalue weighted by atomic mass is 10.0. The number of unbranched alkanes of at least 4 members (excludes halogenated alkanes) is 27. The summed E-state index contributed by atoms with van der Waals surface area (Å²) in [7, 11) is 1.17. The van der Waals surface area contributed by atoms with Crippen LogP contribution in [0.5, 0.6) is 0 Å². The van der Waals surface area contributed by atoms with Gasteiger partial charge in [0.15, 0.2) is 6.10 Å². The highest BCUT2D eigenvalue weighted by molar-refractivity contribution is 7.45. The molecule has 0 spiro atoms. The highest BCUT2D eigenvalue weighted by Crippen LogP contribution is 2.38. The van der Waals surface area contributed by atoms with Crippen molar-refractivity contribution in [1.29, 1.82) is 0 Å². The van der Waals surface area contributed by atoms with Crippen LogP contribution in [-0.4, -0.2) is 70.0 Å². The van der Waals surface area contributed by atoms with E-state index < -0.39 is 32.5 Å². The molecule has 0 bridgehead atoms. The highest BCUT2D eigenvalue weighted by Gasteiger charge is 2.21. The van der Waals surface area contributed by atoms with Crippen molar-refractivity contribution >= 4 is 19.8 Å². The molecule has 0 radical (unpaired) electrons. The normalized spacial score (nSPS) is 13.7. The Bertz CT molecular complexity index is 1060. The van der Waals surface area contributed by atoms with Gasteiger partial charge in [-0.2, -0.15) is 0 Å². The largest absolute Gasteiger partial charge is 0.756 e. The summed E-state index contributed by atoms with van der Waals surface area (Å²) in [6, 6.07) is 0. The van der Waals surface area contributed by atoms with Gasteiger partial charge in [-0.05, 0) is 38.5 Å². The third-order valence-corrected chi connectivity index (χ3v) is 11.7. The second kappa shape index (κ2) is 41.8. The summed E-state index contributed by atoms with van der Waals surface area (Å²) in [6.45, 7) is 4.20. The Labute approximate surface area is 364 Å². The fourth-order valence-electron chi connectivity index (χ4n) is 6.85. The summed E-state index contributed by atoms with van der Waals surface area (Å²) in [5, 5.41) is 0. The van der Waals surface area contributed by atoms with E-state index in [1.807, 2.05) is 21.1 Å². The van der Waals surface area contributed by atoms with Crippen molar-refractivity contribution in [1.82, 2.24) is 0 Å². The van der Waals surface area contributed by atoms with Gasteiger partial charge in [0.1, 0.15) is 19.8 Å². The maximum atomic E-state index is 12.7. The van der Waals surface area contributed by atoms with Gasteiger partial charge >= 0.3 is 11.9 Å². The van der Waals surface area contributed by atoms with E-state index in [2.05, 4.69) is 38.2 Å². The molecule has 0 heterocycles. The molecule has 0 aromatic rings. The molecule has 0 amide bonds. The average molecular weight is 856 g/mol. The van der Waals surface area contributed by atoms with Crippen LogP contribution >= 0.6 is 7.82 Å². The molecule has 0 aliphatic carbocycles. The van der Waals surface area contributed by atoms with Crippen molar-refractivity contribution in [2.24, 2.45) is 0 Å². The Hall–Kier alpha value is -1.51. The number of rotatable bonds is 45. The molecular formula is C49H94NO8P. The quantitative estimate of drug-likeness (QED) is 0.0196. The minimum atomic E-state index is -4.63. The molecule has 9 nitrogen and oxygen atoms in total. The average Bonchev–Trinajstić information content (AvgIpc) is 3.19. The summed E-state index contributed by atoms with van der Waals surface area (Å²) >= 11 is 0. The summed E-state index contributed by atoms with van der Waals surface area (Å²) in [6.07, 6.45) is 46.3. The van der Waals surface area contributed by atoms with Gasteiger partial charge in [-0.15, -0.1) is 0 Å². The number of likely N-dealkylation sites (N-methyl/N-ethyl adjacent to an activating group) is 1. The van der Waals surface area contributed by atoms with E-state index in [1.165, 1.54) is 128 Å². The Kier molecular flexibility index (Phi) is 40.8. The number of esters is 2.